The van der Waals surface area contributed by atoms with E-state index in [-0.39, 0.29) is 0 Å². The molecule has 0 saturated carbocycles. The van der Waals surface area contributed by atoms with Gasteiger partial charge in [-0.2, -0.15) is 0 Å². The Balaban J connectivity index is 1.72. The number of aromatic nitrogens is 2. The van der Waals surface area contributed by atoms with Crippen LogP contribution in [0.2, 0.25) is 0 Å². The normalized spacial score (nSPS) is 10.4. The summed E-state index contributed by atoms with van der Waals surface area (Å²) in [5.41, 5.74) is 2.16. The molecule has 0 aliphatic heterocycles. The number of methoxy groups -OCH3 is 2. The molecule has 6 nitrogen and oxygen atoms in total. The van der Waals surface area contributed by atoms with Gasteiger partial charge in [0.15, 0.2) is 17.3 Å². The lowest BCUT2D eigenvalue weighted by Gasteiger charge is -2.12. The Kier molecular flexibility index (Phi) is 7.28. The second-order valence-electron chi connectivity index (χ2n) is 6.62. The lowest BCUT2D eigenvalue weighted by Crippen LogP contribution is -2.10. The Morgan fingerprint density at radius 1 is 0.793 bits per heavy atom. The van der Waals surface area contributed by atoms with E-state index in [0.29, 0.717) is 5.82 Å². The van der Waals surface area contributed by atoms with Crippen molar-refractivity contribution < 1.29 is 9.47 Å². The van der Waals surface area contributed by atoms with Gasteiger partial charge in [-0.05, 0) is 30.5 Å². The lowest BCUT2D eigenvalue weighted by molar-refractivity contribution is 0.354. The number of hydrogen-bond acceptors (Lipinski definition) is 6. The second-order valence-corrected chi connectivity index (χ2v) is 6.62. The van der Waals surface area contributed by atoms with Crippen LogP contribution in [0.5, 0.6) is 11.5 Å². The minimum Gasteiger partial charge on any atom is -0.493 e. The Morgan fingerprint density at radius 2 is 1.48 bits per heavy atom. The van der Waals surface area contributed by atoms with E-state index in [2.05, 4.69) is 22.5 Å². The average Bonchev–Trinajstić information content (AvgIpc) is 2.78. The van der Waals surface area contributed by atoms with Gasteiger partial charge in [-0.25, -0.2) is 9.97 Å². The number of nitrogens with one attached hydrogen (secondary N) is 2. The first-order valence-corrected chi connectivity index (χ1v) is 9.86. The number of benzene rings is 2. The third kappa shape index (κ3) is 5.60. The molecule has 2 N–H and O–H groups in total. The van der Waals surface area contributed by atoms with Crippen LogP contribution in [0.4, 0.5) is 11.6 Å². The van der Waals surface area contributed by atoms with Gasteiger partial charge in [0.25, 0.3) is 0 Å². The number of anilines is 2. The first-order valence-electron chi connectivity index (χ1n) is 9.86. The summed E-state index contributed by atoms with van der Waals surface area (Å²) in [6.45, 7) is 3.75. The maximum atomic E-state index is 5.39. The highest BCUT2D eigenvalue weighted by atomic mass is 16.5. The van der Waals surface area contributed by atoms with Crippen LogP contribution >= 0.6 is 0 Å². The Labute approximate surface area is 172 Å². The molecular formula is C23H28N4O2. The summed E-state index contributed by atoms with van der Waals surface area (Å²) in [4.78, 5) is 9.35. The van der Waals surface area contributed by atoms with E-state index >= 15 is 0 Å². The van der Waals surface area contributed by atoms with Crippen LogP contribution in [0.25, 0.3) is 11.4 Å². The van der Waals surface area contributed by atoms with Gasteiger partial charge in [0.05, 0.1) is 14.2 Å². The molecule has 3 rings (SSSR count). The zero-order chi connectivity index (χ0) is 20.5. The molecule has 2 aromatic carbocycles. The maximum absolute atomic E-state index is 5.39. The summed E-state index contributed by atoms with van der Waals surface area (Å²) in [6.07, 6.45) is 1.87. The molecule has 0 unspecified atom stereocenters. The molecule has 0 radical (unpaired) electrons. The molecule has 0 aliphatic rings. The highest BCUT2D eigenvalue weighted by molar-refractivity contribution is 5.61. The molecule has 0 spiro atoms. The van der Waals surface area contributed by atoms with E-state index in [1.54, 1.807) is 14.2 Å². The maximum Gasteiger partial charge on any atom is 0.163 e. The van der Waals surface area contributed by atoms with E-state index in [4.69, 9.17) is 14.5 Å². The molecule has 29 heavy (non-hydrogen) atoms. The molecule has 1 aromatic heterocycles. The third-order valence-corrected chi connectivity index (χ3v) is 4.48. The van der Waals surface area contributed by atoms with E-state index < -0.39 is 0 Å². The number of ether oxygens (including phenoxy) is 2. The minimum atomic E-state index is 0.709. The largest absolute Gasteiger partial charge is 0.493 e. The summed E-state index contributed by atoms with van der Waals surface area (Å²) in [7, 11) is 3.29. The van der Waals surface area contributed by atoms with E-state index in [1.165, 1.54) is 0 Å². The van der Waals surface area contributed by atoms with Crippen molar-refractivity contribution in [2.45, 2.75) is 19.8 Å². The van der Waals surface area contributed by atoms with Crippen molar-refractivity contribution in [3.63, 3.8) is 0 Å². The fraction of sp³-hybridized carbons (Fsp3) is 0.304. The summed E-state index contributed by atoms with van der Waals surface area (Å²) < 4.78 is 10.7. The monoisotopic (exact) mass is 392 g/mol. The molecule has 1 heterocycles. The second kappa shape index (κ2) is 10.3. The van der Waals surface area contributed by atoms with Crippen molar-refractivity contribution in [3.8, 4) is 22.9 Å². The predicted octanol–water partition coefficient (Wildman–Crippen LogP) is 4.64. The summed E-state index contributed by atoms with van der Waals surface area (Å²) >= 11 is 0. The molecule has 0 bridgehead atoms. The first-order chi connectivity index (χ1) is 14.2. The summed E-state index contributed by atoms with van der Waals surface area (Å²) in [6, 6.07) is 18.0. The molecule has 0 aliphatic carbocycles. The van der Waals surface area contributed by atoms with Gasteiger partial charge in [-0.1, -0.05) is 43.3 Å². The topological polar surface area (TPSA) is 68.3 Å². The smallest absolute Gasteiger partial charge is 0.163 e. The van der Waals surface area contributed by atoms with Crippen LogP contribution in [0.3, 0.4) is 0 Å². The molecular weight excluding hydrogens is 364 g/mol. The van der Waals surface area contributed by atoms with Crippen LogP contribution in [0.15, 0.2) is 54.6 Å². The molecule has 0 atom stereocenters. The zero-order valence-electron chi connectivity index (χ0n) is 17.2. The van der Waals surface area contributed by atoms with Gasteiger partial charge < -0.3 is 20.1 Å². The van der Waals surface area contributed by atoms with Crippen molar-refractivity contribution in [3.05, 3.63) is 60.2 Å². The van der Waals surface area contributed by atoms with Crippen molar-refractivity contribution in [1.82, 2.24) is 9.97 Å². The number of hydrogen-bond donors (Lipinski definition) is 2. The molecule has 152 valence electrons. The van der Waals surface area contributed by atoms with Crippen molar-refractivity contribution in [2.75, 3.05) is 37.9 Å². The summed E-state index contributed by atoms with van der Waals surface area (Å²) in [5.74, 6) is 3.82. The van der Waals surface area contributed by atoms with Gasteiger partial charge >= 0.3 is 0 Å². The van der Waals surface area contributed by atoms with Gasteiger partial charge in [-0.15, -0.1) is 0 Å². The SMILES string of the molecule is CCCNc1cc(NCCc2ccc(OC)c(OC)c2)nc(-c2ccccc2)n1. The van der Waals surface area contributed by atoms with Crippen molar-refractivity contribution in [1.29, 1.82) is 0 Å². The van der Waals surface area contributed by atoms with Crippen LogP contribution in [0, 0.1) is 0 Å². The number of nitrogens with zero attached hydrogens (tertiary/aromatic N) is 2. The van der Waals surface area contributed by atoms with Gasteiger partial charge in [0, 0.05) is 24.7 Å². The molecule has 0 saturated heterocycles. The first kappa shape index (κ1) is 20.5. The van der Waals surface area contributed by atoms with E-state index in [1.807, 2.05) is 54.6 Å². The predicted molar refractivity (Wildman–Crippen MR) is 118 cm³/mol. The molecule has 6 heteroatoms. The minimum absolute atomic E-state index is 0.709. The van der Waals surface area contributed by atoms with Crippen molar-refractivity contribution >= 4 is 11.6 Å². The van der Waals surface area contributed by atoms with Crippen LogP contribution < -0.4 is 20.1 Å². The standard InChI is InChI=1S/C23H28N4O2/c1-4-13-24-21-16-22(27-23(26-21)18-8-6-5-7-9-18)25-14-12-17-10-11-19(28-2)20(15-17)29-3/h5-11,15-16H,4,12-14H2,1-3H3,(H2,24,25,26,27). The number of rotatable bonds is 10. The zero-order valence-corrected chi connectivity index (χ0v) is 17.2. The van der Waals surface area contributed by atoms with Gasteiger partial charge in [0.1, 0.15) is 11.6 Å². The lowest BCUT2D eigenvalue weighted by atomic mass is 10.1. The third-order valence-electron chi connectivity index (χ3n) is 4.48. The highest BCUT2D eigenvalue weighted by Gasteiger charge is 2.08. The Hall–Kier alpha value is -3.28. The fourth-order valence-corrected chi connectivity index (χ4v) is 2.97. The van der Waals surface area contributed by atoms with E-state index in [0.717, 1.165) is 60.2 Å². The van der Waals surface area contributed by atoms with Crippen molar-refractivity contribution in [2.24, 2.45) is 0 Å². The van der Waals surface area contributed by atoms with E-state index in [9.17, 15) is 0 Å². The van der Waals surface area contributed by atoms with Crippen LogP contribution in [-0.2, 0) is 6.42 Å². The molecule has 3 aromatic rings. The van der Waals surface area contributed by atoms with Gasteiger partial charge in [-0.3, -0.25) is 0 Å². The van der Waals surface area contributed by atoms with Gasteiger partial charge in [0.2, 0.25) is 0 Å². The average molecular weight is 393 g/mol. The summed E-state index contributed by atoms with van der Waals surface area (Å²) in [5, 5.41) is 6.78. The molecule has 0 fully saturated rings. The van der Waals surface area contributed by atoms with Crippen LogP contribution in [0.1, 0.15) is 18.9 Å². The highest BCUT2D eigenvalue weighted by Crippen LogP contribution is 2.27. The fourth-order valence-electron chi connectivity index (χ4n) is 2.97. The quantitative estimate of drug-likeness (QED) is 0.524. The van der Waals surface area contributed by atoms with Crippen LogP contribution in [-0.4, -0.2) is 37.3 Å². The Morgan fingerprint density at radius 3 is 2.14 bits per heavy atom. The molecule has 0 amide bonds. The Bertz CT molecular complexity index is 916.